The maximum Gasteiger partial charge on any atom is 0.289 e. The van der Waals surface area contributed by atoms with E-state index in [-0.39, 0.29) is 17.4 Å². The van der Waals surface area contributed by atoms with Gasteiger partial charge in [0.1, 0.15) is 0 Å². The van der Waals surface area contributed by atoms with Gasteiger partial charge in [0.2, 0.25) is 5.76 Å². The molecule has 84 valence electrons. The van der Waals surface area contributed by atoms with E-state index in [0.717, 1.165) is 0 Å². The molecule has 0 aliphatic rings. The second-order valence-electron chi connectivity index (χ2n) is 4.83. The van der Waals surface area contributed by atoms with Crippen LogP contribution in [0.15, 0.2) is 10.8 Å². The minimum absolute atomic E-state index is 0.0313. The van der Waals surface area contributed by atoms with Crippen molar-refractivity contribution in [2.45, 2.75) is 40.7 Å². The van der Waals surface area contributed by atoms with Crippen molar-refractivity contribution in [3.63, 3.8) is 0 Å². The summed E-state index contributed by atoms with van der Waals surface area (Å²) in [6.45, 7) is 9.95. The van der Waals surface area contributed by atoms with Crippen molar-refractivity contribution in [3.05, 3.63) is 17.8 Å². The van der Waals surface area contributed by atoms with Gasteiger partial charge < -0.3 is 9.73 Å². The number of oxazole rings is 1. The summed E-state index contributed by atoms with van der Waals surface area (Å²) in [6, 6.07) is 0.0782. The van der Waals surface area contributed by atoms with Crippen LogP contribution in [0, 0.1) is 12.3 Å². The van der Waals surface area contributed by atoms with Gasteiger partial charge in [-0.2, -0.15) is 0 Å². The molecular weight excluding hydrogens is 192 g/mol. The number of rotatable bonds is 2. The van der Waals surface area contributed by atoms with Crippen molar-refractivity contribution in [1.82, 2.24) is 10.3 Å². The molecule has 0 bridgehead atoms. The molecule has 0 saturated carbocycles. The lowest BCUT2D eigenvalue weighted by atomic mass is 9.88. The molecule has 4 heteroatoms. The molecule has 0 aliphatic carbocycles. The van der Waals surface area contributed by atoms with E-state index >= 15 is 0 Å². The van der Waals surface area contributed by atoms with E-state index in [0.29, 0.717) is 11.5 Å². The molecule has 1 N–H and O–H groups in total. The minimum atomic E-state index is -0.201. The second-order valence-corrected chi connectivity index (χ2v) is 4.83. The fourth-order valence-electron chi connectivity index (χ4n) is 0.999. The number of nitrogens with zero attached hydrogens (tertiary/aromatic N) is 1. The molecule has 1 aromatic rings. The third-order valence-corrected chi connectivity index (χ3v) is 2.60. The lowest BCUT2D eigenvalue weighted by Crippen LogP contribution is -2.41. The molecule has 15 heavy (non-hydrogen) atoms. The lowest BCUT2D eigenvalue weighted by Gasteiger charge is -2.27. The van der Waals surface area contributed by atoms with Crippen molar-refractivity contribution in [3.8, 4) is 0 Å². The fraction of sp³-hybridized carbons (Fsp3) is 0.636. The molecular formula is C11H18N2O2. The number of carbonyl (C=O) groups excluding carboxylic acids is 1. The first-order valence-electron chi connectivity index (χ1n) is 5.03. The predicted molar refractivity (Wildman–Crippen MR) is 57.6 cm³/mol. The Morgan fingerprint density at radius 2 is 2.13 bits per heavy atom. The summed E-state index contributed by atoms with van der Waals surface area (Å²) < 4.78 is 5.02. The van der Waals surface area contributed by atoms with Gasteiger partial charge in [-0.15, -0.1) is 0 Å². The molecule has 0 radical (unpaired) electrons. The second kappa shape index (κ2) is 4.04. The first kappa shape index (κ1) is 11.8. The van der Waals surface area contributed by atoms with Gasteiger partial charge in [-0.3, -0.25) is 4.79 Å². The van der Waals surface area contributed by atoms with Gasteiger partial charge in [0, 0.05) is 6.04 Å². The average Bonchev–Trinajstić information content (AvgIpc) is 2.49. The summed E-state index contributed by atoms with van der Waals surface area (Å²) >= 11 is 0. The number of nitrogens with one attached hydrogen (secondary N) is 1. The molecule has 1 aromatic heterocycles. The standard InChI is InChI=1S/C11H18N2O2/c1-7-9(15-6-12-7)10(14)13-8(2)11(3,4)5/h6,8H,1-5H3,(H,13,14)/t8-/m1/s1. The molecule has 0 spiro atoms. The normalized spacial score (nSPS) is 13.7. The first-order chi connectivity index (χ1) is 6.82. The Morgan fingerprint density at radius 1 is 1.53 bits per heavy atom. The van der Waals surface area contributed by atoms with Gasteiger partial charge in [-0.25, -0.2) is 4.98 Å². The monoisotopic (exact) mass is 210 g/mol. The zero-order valence-corrected chi connectivity index (χ0v) is 9.92. The van der Waals surface area contributed by atoms with Gasteiger partial charge in [0.15, 0.2) is 6.39 Å². The Labute approximate surface area is 90.1 Å². The highest BCUT2D eigenvalue weighted by Gasteiger charge is 2.24. The average molecular weight is 210 g/mol. The van der Waals surface area contributed by atoms with Crippen LogP contribution >= 0.6 is 0 Å². The van der Waals surface area contributed by atoms with Crippen molar-refractivity contribution < 1.29 is 9.21 Å². The third-order valence-electron chi connectivity index (χ3n) is 2.60. The highest BCUT2D eigenvalue weighted by Crippen LogP contribution is 2.19. The van der Waals surface area contributed by atoms with Crippen LogP contribution in [-0.2, 0) is 0 Å². The number of hydrogen-bond donors (Lipinski definition) is 1. The Bertz CT molecular complexity index is 350. The highest BCUT2D eigenvalue weighted by atomic mass is 16.3. The van der Waals surface area contributed by atoms with Crippen LogP contribution in [0.5, 0.6) is 0 Å². The first-order valence-corrected chi connectivity index (χ1v) is 5.03. The Balaban J connectivity index is 2.69. The van der Waals surface area contributed by atoms with Gasteiger partial charge in [-0.05, 0) is 19.3 Å². The highest BCUT2D eigenvalue weighted by molar-refractivity contribution is 5.92. The number of hydrogen-bond acceptors (Lipinski definition) is 3. The van der Waals surface area contributed by atoms with E-state index in [1.54, 1.807) is 6.92 Å². The molecule has 0 aromatic carbocycles. The van der Waals surface area contributed by atoms with Crippen LogP contribution in [0.25, 0.3) is 0 Å². The molecule has 0 aliphatic heterocycles. The molecule has 1 heterocycles. The Morgan fingerprint density at radius 3 is 2.53 bits per heavy atom. The van der Waals surface area contributed by atoms with E-state index in [1.165, 1.54) is 6.39 Å². The van der Waals surface area contributed by atoms with Crippen LogP contribution in [0.1, 0.15) is 43.9 Å². The summed E-state index contributed by atoms with van der Waals surface area (Å²) in [5, 5.41) is 2.89. The summed E-state index contributed by atoms with van der Waals surface area (Å²) in [5.41, 5.74) is 0.650. The molecule has 1 atom stereocenters. The number of amides is 1. The number of aromatic nitrogens is 1. The van der Waals surface area contributed by atoms with Crippen molar-refractivity contribution >= 4 is 5.91 Å². The van der Waals surface area contributed by atoms with Crippen LogP contribution in [-0.4, -0.2) is 16.9 Å². The van der Waals surface area contributed by atoms with Crippen LogP contribution in [0.4, 0.5) is 0 Å². The van der Waals surface area contributed by atoms with Gasteiger partial charge in [0.05, 0.1) is 5.69 Å². The smallest absolute Gasteiger partial charge is 0.289 e. The lowest BCUT2D eigenvalue weighted by molar-refractivity contribution is 0.0881. The molecule has 1 amide bonds. The maximum absolute atomic E-state index is 11.7. The quantitative estimate of drug-likeness (QED) is 0.813. The minimum Gasteiger partial charge on any atom is -0.438 e. The number of aryl methyl sites for hydroxylation is 1. The van der Waals surface area contributed by atoms with E-state index < -0.39 is 0 Å². The summed E-state index contributed by atoms with van der Waals surface area (Å²) in [5.74, 6) is 0.0959. The predicted octanol–water partition coefficient (Wildman–Crippen LogP) is 2.15. The van der Waals surface area contributed by atoms with Crippen LogP contribution in [0.3, 0.4) is 0 Å². The summed E-state index contributed by atoms with van der Waals surface area (Å²) in [7, 11) is 0. The zero-order chi connectivity index (χ0) is 11.6. The molecule has 1 rings (SSSR count). The number of carbonyl (C=O) groups is 1. The van der Waals surface area contributed by atoms with Crippen LogP contribution in [0.2, 0.25) is 0 Å². The van der Waals surface area contributed by atoms with Gasteiger partial charge in [0.25, 0.3) is 5.91 Å². The topological polar surface area (TPSA) is 55.1 Å². The molecule has 0 unspecified atom stereocenters. The van der Waals surface area contributed by atoms with E-state index in [9.17, 15) is 4.79 Å². The van der Waals surface area contributed by atoms with Gasteiger partial charge >= 0.3 is 0 Å². The maximum atomic E-state index is 11.7. The van der Waals surface area contributed by atoms with Crippen molar-refractivity contribution in [1.29, 1.82) is 0 Å². The summed E-state index contributed by atoms with van der Waals surface area (Å²) in [4.78, 5) is 15.6. The van der Waals surface area contributed by atoms with Crippen molar-refractivity contribution in [2.24, 2.45) is 5.41 Å². The van der Waals surface area contributed by atoms with E-state index in [2.05, 4.69) is 31.1 Å². The summed E-state index contributed by atoms with van der Waals surface area (Å²) in [6.07, 6.45) is 1.28. The molecule has 0 saturated heterocycles. The Kier molecular flexibility index (Phi) is 3.17. The van der Waals surface area contributed by atoms with Crippen molar-refractivity contribution in [2.75, 3.05) is 0 Å². The fourth-order valence-corrected chi connectivity index (χ4v) is 0.999. The molecule has 4 nitrogen and oxygen atoms in total. The van der Waals surface area contributed by atoms with Gasteiger partial charge in [-0.1, -0.05) is 20.8 Å². The van der Waals surface area contributed by atoms with Crippen LogP contribution < -0.4 is 5.32 Å². The zero-order valence-electron chi connectivity index (χ0n) is 9.92. The van der Waals surface area contributed by atoms with E-state index in [1.807, 2.05) is 6.92 Å². The third kappa shape index (κ3) is 2.81. The SMILES string of the molecule is Cc1ncoc1C(=O)N[C@H](C)C(C)(C)C. The largest absolute Gasteiger partial charge is 0.438 e. The molecule has 0 fully saturated rings. The Hall–Kier alpha value is -1.32. The van der Waals surface area contributed by atoms with E-state index in [4.69, 9.17) is 4.42 Å².